The Hall–Kier alpha value is -1.81. The molecule has 0 radical (unpaired) electrons. The molecule has 0 amide bonds. The monoisotopic (exact) mass is 224 g/mol. The summed E-state index contributed by atoms with van der Waals surface area (Å²) in [7, 11) is 0. The van der Waals surface area contributed by atoms with Gasteiger partial charge in [-0.1, -0.05) is 23.7 Å². The molecule has 0 fully saturated rings. The van der Waals surface area contributed by atoms with Crippen molar-refractivity contribution in [1.29, 1.82) is 0 Å². The van der Waals surface area contributed by atoms with Crippen LogP contribution in [0.3, 0.4) is 0 Å². The predicted octanol–water partition coefficient (Wildman–Crippen LogP) is 1.64. The molecule has 0 aliphatic rings. The zero-order valence-corrected chi connectivity index (χ0v) is 8.48. The van der Waals surface area contributed by atoms with Crippen molar-refractivity contribution in [2.24, 2.45) is 10.7 Å². The number of carboxylic acid groups (broad SMARTS) is 1. The van der Waals surface area contributed by atoms with Crippen molar-refractivity contribution >= 4 is 23.4 Å². The molecule has 78 valence electrons. The van der Waals surface area contributed by atoms with E-state index in [0.717, 1.165) is 12.3 Å². The van der Waals surface area contributed by atoms with Crippen LogP contribution in [-0.4, -0.2) is 16.9 Å². The summed E-state index contributed by atoms with van der Waals surface area (Å²) in [4.78, 5) is 13.9. The lowest BCUT2D eigenvalue weighted by Crippen LogP contribution is -2.12. The average Bonchev–Trinajstić information content (AvgIpc) is 2.17. The van der Waals surface area contributed by atoms with E-state index in [1.165, 1.54) is 0 Å². The van der Waals surface area contributed by atoms with Gasteiger partial charge in [-0.3, -0.25) is 0 Å². The number of nitrogens with two attached hydrogens (primary N) is 1. The Morgan fingerprint density at radius 3 is 2.87 bits per heavy atom. The number of aliphatic carboxylic acids is 1. The second kappa shape index (κ2) is 5.17. The second-order valence-corrected chi connectivity index (χ2v) is 3.12. The minimum Gasteiger partial charge on any atom is -0.478 e. The zero-order valence-electron chi connectivity index (χ0n) is 7.72. The highest BCUT2D eigenvalue weighted by Gasteiger charge is 1.97. The van der Waals surface area contributed by atoms with Gasteiger partial charge in [0.1, 0.15) is 5.84 Å². The van der Waals surface area contributed by atoms with Crippen LogP contribution < -0.4 is 5.73 Å². The quantitative estimate of drug-likeness (QED) is 0.466. The van der Waals surface area contributed by atoms with Crippen molar-refractivity contribution in [2.45, 2.75) is 0 Å². The van der Waals surface area contributed by atoms with Crippen molar-refractivity contribution in [3.05, 3.63) is 47.1 Å². The fraction of sp³-hybridized carbons (Fsp3) is 0. The van der Waals surface area contributed by atoms with Gasteiger partial charge in [-0.05, 0) is 12.1 Å². The van der Waals surface area contributed by atoms with E-state index in [9.17, 15) is 4.79 Å². The Morgan fingerprint density at radius 1 is 1.53 bits per heavy atom. The summed E-state index contributed by atoms with van der Waals surface area (Å²) in [5, 5.41) is 8.87. The highest BCUT2D eigenvalue weighted by atomic mass is 35.5. The van der Waals surface area contributed by atoms with Gasteiger partial charge in [0, 0.05) is 22.9 Å². The molecule has 1 aromatic carbocycles. The van der Waals surface area contributed by atoms with Gasteiger partial charge in [-0.25, -0.2) is 9.79 Å². The third-order valence-corrected chi connectivity index (χ3v) is 1.79. The molecular formula is C10H9ClN2O2. The van der Waals surface area contributed by atoms with E-state index in [1.54, 1.807) is 24.3 Å². The van der Waals surface area contributed by atoms with Crippen LogP contribution in [0.1, 0.15) is 5.56 Å². The Morgan fingerprint density at radius 2 is 2.27 bits per heavy atom. The molecule has 0 heterocycles. The third-order valence-electron chi connectivity index (χ3n) is 1.55. The molecule has 0 saturated carbocycles. The van der Waals surface area contributed by atoms with Crippen LogP contribution in [0, 0.1) is 0 Å². The number of halogens is 1. The van der Waals surface area contributed by atoms with Gasteiger partial charge in [0.25, 0.3) is 0 Å². The first-order valence-electron chi connectivity index (χ1n) is 4.08. The number of amidine groups is 1. The van der Waals surface area contributed by atoms with Crippen LogP contribution in [0.2, 0.25) is 5.02 Å². The molecule has 0 spiro atoms. The minimum atomic E-state index is -1.07. The SMILES string of the molecule is NC(=N/C=C/C(=O)O)c1cccc(Cl)c1. The molecule has 0 saturated heterocycles. The van der Waals surface area contributed by atoms with Crippen molar-refractivity contribution in [1.82, 2.24) is 0 Å². The van der Waals surface area contributed by atoms with Crippen molar-refractivity contribution in [3.63, 3.8) is 0 Å². The lowest BCUT2D eigenvalue weighted by Gasteiger charge is -1.98. The molecule has 15 heavy (non-hydrogen) atoms. The summed E-state index contributed by atoms with van der Waals surface area (Å²) in [5.41, 5.74) is 6.25. The topological polar surface area (TPSA) is 75.7 Å². The van der Waals surface area contributed by atoms with Crippen LogP contribution in [0.5, 0.6) is 0 Å². The van der Waals surface area contributed by atoms with Crippen LogP contribution in [0.4, 0.5) is 0 Å². The highest BCUT2D eigenvalue weighted by molar-refractivity contribution is 6.31. The molecule has 0 unspecified atom stereocenters. The normalized spacial score (nSPS) is 11.9. The fourth-order valence-corrected chi connectivity index (χ4v) is 1.09. The first-order chi connectivity index (χ1) is 7.09. The van der Waals surface area contributed by atoms with Gasteiger partial charge >= 0.3 is 5.97 Å². The number of rotatable bonds is 3. The summed E-state index contributed by atoms with van der Waals surface area (Å²) in [6, 6.07) is 6.83. The Kier molecular flexibility index (Phi) is 3.88. The van der Waals surface area contributed by atoms with E-state index >= 15 is 0 Å². The molecule has 1 aromatic rings. The van der Waals surface area contributed by atoms with Crippen LogP contribution in [0.25, 0.3) is 0 Å². The van der Waals surface area contributed by atoms with Crippen molar-refractivity contribution < 1.29 is 9.90 Å². The number of carboxylic acids is 1. The summed E-state index contributed by atoms with van der Waals surface area (Å²) in [6.07, 6.45) is 2.02. The zero-order chi connectivity index (χ0) is 11.3. The van der Waals surface area contributed by atoms with Gasteiger partial charge in [-0.15, -0.1) is 0 Å². The fourth-order valence-electron chi connectivity index (χ4n) is 0.904. The van der Waals surface area contributed by atoms with Crippen molar-refractivity contribution in [3.8, 4) is 0 Å². The second-order valence-electron chi connectivity index (χ2n) is 2.68. The Bertz CT molecular complexity index is 427. The number of nitrogens with zero attached hydrogens (tertiary/aromatic N) is 1. The maximum atomic E-state index is 10.2. The van der Waals surface area contributed by atoms with E-state index in [2.05, 4.69) is 4.99 Å². The number of carbonyl (C=O) groups is 1. The van der Waals surface area contributed by atoms with Crippen LogP contribution in [-0.2, 0) is 4.79 Å². The number of hydrogen-bond donors (Lipinski definition) is 2. The highest BCUT2D eigenvalue weighted by Crippen LogP contribution is 2.10. The summed E-state index contributed by atoms with van der Waals surface area (Å²) in [6.45, 7) is 0. The summed E-state index contributed by atoms with van der Waals surface area (Å²) < 4.78 is 0. The summed E-state index contributed by atoms with van der Waals surface area (Å²) >= 11 is 5.75. The van der Waals surface area contributed by atoms with Crippen LogP contribution in [0.15, 0.2) is 41.5 Å². The smallest absolute Gasteiger partial charge is 0.329 e. The standard InChI is InChI=1S/C10H9ClN2O2/c11-8-3-1-2-7(6-8)10(12)13-5-4-9(14)15/h1-6H,(H2,12,13)(H,14,15)/b5-4+. The van der Waals surface area contributed by atoms with Crippen molar-refractivity contribution in [2.75, 3.05) is 0 Å². The van der Waals surface area contributed by atoms with E-state index in [0.29, 0.717) is 10.6 Å². The van der Waals surface area contributed by atoms with E-state index < -0.39 is 5.97 Å². The van der Waals surface area contributed by atoms with Gasteiger partial charge < -0.3 is 10.8 Å². The molecule has 0 aliphatic heterocycles. The van der Waals surface area contributed by atoms with E-state index in [1.807, 2.05) is 0 Å². The molecule has 1 rings (SSSR count). The number of hydrogen-bond acceptors (Lipinski definition) is 2. The lowest BCUT2D eigenvalue weighted by atomic mass is 10.2. The largest absolute Gasteiger partial charge is 0.478 e. The van der Waals surface area contributed by atoms with Gasteiger partial charge in [0.15, 0.2) is 0 Å². The first-order valence-corrected chi connectivity index (χ1v) is 4.46. The molecule has 5 heteroatoms. The Balaban J connectivity index is 2.84. The molecule has 0 atom stereocenters. The van der Waals surface area contributed by atoms with E-state index in [4.69, 9.17) is 22.4 Å². The first kappa shape index (κ1) is 11.3. The molecular weight excluding hydrogens is 216 g/mol. The minimum absolute atomic E-state index is 0.218. The summed E-state index contributed by atoms with van der Waals surface area (Å²) in [5.74, 6) is -0.854. The van der Waals surface area contributed by atoms with Gasteiger partial charge in [-0.2, -0.15) is 0 Å². The molecule has 3 N–H and O–H groups in total. The van der Waals surface area contributed by atoms with Gasteiger partial charge in [0.2, 0.25) is 0 Å². The van der Waals surface area contributed by atoms with Gasteiger partial charge in [0.05, 0.1) is 0 Å². The number of aliphatic imine (C=N–C) groups is 1. The average molecular weight is 225 g/mol. The molecule has 0 aromatic heterocycles. The predicted molar refractivity (Wildman–Crippen MR) is 59.0 cm³/mol. The van der Waals surface area contributed by atoms with Crippen LogP contribution >= 0.6 is 11.6 Å². The Labute approximate surface area is 91.7 Å². The lowest BCUT2D eigenvalue weighted by molar-refractivity contribution is -0.131. The third kappa shape index (κ3) is 3.83. The molecule has 0 aliphatic carbocycles. The maximum absolute atomic E-state index is 10.2. The maximum Gasteiger partial charge on any atom is 0.329 e. The molecule has 4 nitrogen and oxygen atoms in total. The molecule has 0 bridgehead atoms. The number of benzene rings is 1. The van der Waals surface area contributed by atoms with E-state index in [-0.39, 0.29) is 5.84 Å².